The lowest BCUT2D eigenvalue weighted by molar-refractivity contribution is -0.102. The van der Waals surface area contributed by atoms with Crippen molar-refractivity contribution in [3.8, 4) is 0 Å². The summed E-state index contributed by atoms with van der Waals surface area (Å²) in [5.74, 6) is 0. The summed E-state index contributed by atoms with van der Waals surface area (Å²) in [6.07, 6.45) is 19.8. The minimum absolute atomic E-state index is 0.342. The molecule has 1 rings (SSSR count). The normalized spacial score (nSPS) is 12.7. The Morgan fingerprint density at radius 1 is 0.694 bits per heavy atom. The second-order valence-electron chi connectivity index (χ2n) is 10.3. The molecule has 0 unspecified atom stereocenters. The smallest absolute Gasteiger partial charge is 0.180 e. The summed E-state index contributed by atoms with van der Waals surface area (Å²) in [5.41, 5.74) is 7.89. The number of unbranched alkanes of at least 4 members (excludes halogenated alkanes) is 2. The van der Waals surface area contributed by atoms with Crippen molar-refractivity contribution in [1.82, 2.24) is 0 Å². The van der Waals surface area contributed by atoms with Crippen molar-refractivity contribution in [3.05, 3.63) is 88.1 Å². The Hall–Kier alpha value is -2.16. The summed E-state index contributed by atoms with van der Waals surface area (Å²) in [6, 6.07) is 10.5. The van der Waals surface area contributed by atoms with Crippen molar-refractivity contribution >= 4 is 6.08 Å². The van der Waals surface area contributed by atoms with Crippen LogP contribution in [0.25, 0.3) is 6.08 Å². The highest BCUT2D eigenvalue weighted by Crippen LogP contribution is 2.21. The average molecular weight is 493 g/mol. The number of benzene rings is 1. The first-order valence-corrected chi connectivity index (χ1v) is 13.9. The van der Waals surface area contributed by atoms with Gasteiger partial charge in [0.1, 0.15) is 0 Å². The zero-order chi connectivity index (χ0) is 26.6. The zero-order valence-electron chi connectivity index (χ0n) is 24.2. The van der Waals surface area contributed by atoms with E-state index in [2.05, 4.69) is 109 Å². The molecule has 0 aliphatic heterocycles. The predicted molar refractivity (Wildman–Crippen MR) is 159 cm³/mol. The molecule has 2 nitrogen and oxygen atoms in total. The number of ether oxygens (including phenoxy) is 2. The predicted octanol–water partition coefficient (Wildman–Crippen LogP) is 10.4. The van der Waals surface area contributed by atoms with E-state index in [1.54, 1.807) is 0 Å². The van der Waals surface area contributed by atoms with Crippen LogP contribution in [0.2, 0.25) is 0 Å². The van der Waals surface area contributed by atoms with E-state index in [1.165, 1.54) is 46.3 Å². The van der Waals surface area contributed by atoms with Gasteiger partial charge in [-0.2, -0.15) is 0 Å². The van der Waals surface area contributed by atoms with Crippen LogP contribution in [-0.4, -0.2) is 19.5 Å². The summed E-state index contributed by atoms with van der Waals surface area (Å²) in [5, 5.41) is 0. The Morgan fingerprint density at radius 2 is 1.22 bits per heavy atom. The van der Waals surface area contributed by atoms with Crippen LogP contribution in [0.1, 0.15) is 105 Å². The molecule has 200 valence electrons. The van der Waals surface area contributed by atoms with Crippen LogP contribution in [-0.2, 0) is 9.47 Å². The van der Waals surface area contributed by atoms with Gasteiger partial charge in [-0.3, -0.25) is 0 Å². The molecule has 0 amide bonds. The fraction of sp³-hybridized carbons (Fsp3) is 0.529. The highest BCUT2D eigenvalue weighted by Gasteiger charge is 2.15. The molecule has 0 spiro atoms. The minimum atomic E-state index is -0.342. The van der Waals surface area contributed by atoms with E-state index in [-0.39, 0.29) is 6.29 Å². The van der Waals surface area contributed by atoms with E-state index in [0.717, 1.165) is 38.5 Å². The van der Waals surface area contributed by atoms with Gasteiger partial charge in [0.15, 0.2) is 6.29 Å². The van der Waals surface area contributed by atoms with E-state index in [4.69, 9.17) is 9.47 Å². The van der Waals surface area contributed by atoms with E-state index in [1.807, 2.05) is 0 Å². The van der Waals surface area contributed by atoms with Gasteiger partial charge in [0.05, 0.1) is 13.2 Å². The second-order valence-corrected chi connectivity index (χ2v) is 10.3. The maximum Gasteiger partial charge on any atom is 0.180 e. The SMILES string of the molecule is CCCCC/C(=C/c1ccccc1)C(OC/C=C(\C)CCC=C(C)C)OC/C=C(\C)CCC=C(C)C. The number of hydrogen-bond acceptors (Lipinski definition) is 2. The molecule has 0 N–H and O–H groups in total. The monoisotopic (exact) mass is 492 g/mol. The molecule has 0 atom stereocenters. The third-order valence-corrected chi connectivity index (χ3v) is 6.06. The van der Waals surface area contributed by atoms with Crippen molar-refractivity contribution in [1.29, 1.82) is 0 Å². The van der Waals surface area contributed by atoms with Crippen LogP contribution >= 0.6 is 0 Å². The molecule has 0 fully saturated rings. The lowest BCUT2D eigenvalue weighted by Gasteiger charge is -2.21. The Kier molecular flexibility index (Phi) is 17.7. The summed E-state index contributed by atoms with van der Waals surface area (Å²) < 4.78 is 12.8. The highest BCUT2D eigenvalue weighted by atomic mass is 16.7. The van der Waals surface area contributed by atoms with Gasteiger partial charge in [0.25, 0.3) is 0 Å². The molecule has 0 aliphatic carbocycles. The quantitative estimate of drug-likeness (QED) is 0.115. The lowest BCUT2D eigenvalue weighted by atomic mass is 10.0. The molecule has 0 saturated heterocycles. The van der Waals surface area contributed by atoms with Crippen LogP contribution in [0, 0.1) is 0 Å². The van der Waals surface area contributed by atoms with E-state index < -0.39 is 0 Å². The molecular weight excluding hydrogens is 440 g/mol. The molecule has 0 aliphatic rings. The molecule has 1 aromatic carbocycles. The lowest BCUT2D eigenvalue weighted by Crippen LogP contribution is -2.21. The first-order valence-electron chi connectivity index (χ1n) is 13.9. The molecule has 0 aromatic heterocycles. The van der Waals surface area contributed by atoms with Gasteiger partial charge in [0, 0.05) is 0 Å². The topological polar surface area (TPSA) is 18.5 Å². The third kappa shape index (κ3) is 16.5. The largest absolute Gasteiger partial charge is 0.345 e. The van der Waals surface area contributed by atoms with Gasteiger partial charge < -0.3 is 9.47 Å². The van der Waals surface area contributed by atoms with Crippen LogP contribution in [0.5, 0.6) is 0 Å². The molecule has 0 radical (unpaired) electrons. The molecule has 0 bridgehead atoms. The van der Waals surface area contributed by atoms with E-state index in [9.17, 15) is 0 Å². The summed E-state index contributed by atoms with van der Waals surface area (Å²) in [4.78, 5) is 0. The summed E-state index contributed by atoms with van der Waals surface area (Å²) >= 11 is 0. The van der Waals surface area contributed by atoms with Crippen LogP contribution in [0.15, 0.2) is 82.5 Å². The van der Waals surface area contributed by atoms with E-state index >= 15 is 0 Å². The van der Waals surface area contributed by atoms with Gasteiger partial charge in [-0.05, 0) is 91.2 Å². The maximum absolute atomic E-state index is 6.38. The first kappa shape index (κ1) is 31.9. The van der Waals surface area contributed by atoms with Crippen molar-refractivity contribution < 1.29 is 9.47 Å². The van der Waals surface area contributed by atoms with Gasteiger partial charge in [-0.1, -0.05) is 103 Å². The third-order valence-electron chi connectivity index (χ3n) is 6.06. The Morgan fingerprint density at radius 3 is 1.69 bits per heavy atom. The van der Waals surface area contributed by atoms with Gasteiger partial charge in [-0.15, -0.1) is 0 Å². The van der Waals surface area contributed by atoms with Gasteiger partial charge in [-0.25, -0.2) is 0 Å². The number of rotatable bonds is 18. The van der Waals surface area contributed by atoms with E-state index in [0.29, 0.717) is 13.2 Å². The molecule has 36 heavy (non-hydrogen) atoms. The second kappa shape index (κ2) is 20.0. The highest BCUT2D eigenvalue weighted by molar-refractivity contribution is 5.53. The Balaban J connectivity index is 2.96. The average Bonchev–Trinajstić information content (AvgIpc) is 2.83. The van der Waals surface area contributed by atoms with Crippen molar-refractivity contribution in [2.75, 3.05) is 13.2 Å². The van der Waals surface area contributed by atoms with Crippen molar-refractivity contribution in [3.63, 3.8) is 0 Å². The van der Waals surface area contributed by atoms with Crippen LogP contribution in [0.4, 0.5) is 0 Å². The molecule has 1 aromatic rings. The standard InChI is InChI=1S/C34H52O2/c1-8-9-11-22-33(27-32-20-12-10-13-21-32)34(35-25-23-30(6)18-14-16-28(2)3)36-26-24-31(7)19-15-17-29(4)5/h10,12-13,16-17,20-21,23-24,27,34H,8-9,11,14-15,18-19,22,25-26H2,1-7H3/b30-23+,31-24+,33-27-. The fourth-order valence-corrected chi connectivity index (χ4v) is 3.80. The fourth-order valence-electron chi connectivity index (χ4n) is 3.80. The zero-order valence-corrected chi connectivity index (χ0v) is 24.2. The van der Waals surface area contributed by atoms with Crippen molar-refractivity contribution in [2.24, 2.45) is 0 Å². The minimum Gasteiger partial charge on any atom is -0.345 e. The maximum atomic E-state index is 6.38. The van der Waals surface area contributed by atoms with Crippen molar-refractivity contribution in [2.45, 2.75) is 106 Å². The first-order chi connectivity index (χ1) is 17.3. The molecule has 0 heterocycles. The molecule has 2 heteroatoms. The number of hydrogen-bond donors (Lipinski definition) is 0. The molecule has 0 saturated carbocycles. The summed E-state index contributed by atoms with van der Waals surface area (Å²) in [6.45, 7) is 16.4. The van der Waals surface area contributed by atoms with Crippen LogP contribution < -0.4 is 0 Å². The van der Waals surface area contributed by atoms with Crippen LogP contribution in [0.3, 0.4) is 0 Å². The number of allylic oxidation sites excluding steroid dienone is 6. The Labute approximate surface area is 222 Å². The molecular formula is C34H52O2. The van der Waals surface area contributed by atoms with Gasteiger partial charge in [0.2, 0.25) is 0 Å². The summed E-state index contributed by atoms with van der Waals surface area (Å²) in [7, 11) is 0. The Bertz CT molecular complexity index is 818. The van der Waals surface area contributed by atoms with Gasteiger partial charge >= 0.3 is 0 Å².